The van der Waals surface area contributed by atoms with Gasteiger partial charge in [0.15, 0.2) is 0 Å². The average molecular weight is 569 g/mol. The van der Waals surface area contributed by atoms with Gasteiger partial charge in [0.1, 0.15) is 6.04 Å². The Hall–Kier alpha value is -2.61. The van der Waals surface area contributed by atoms with E-state index in [0.29, 0.717) is 64.6 Å². The highest BCUT2D eigenvalue weighted by Crippen LogP contribution is 2.32. The van der Waals surface area contributed by atoms with Gasteiger partial charge in [-0.1, -0.05) is 6.07 Å². The van der Waals surface area contributed by atoms with E-state index in [1.807, 2.05) is 0 Å². The fourth-order valence-electron chi connectivity index (χ4n) is 4.70. The number of carbonyl (C=O) groups excluding carboxylic acids is 4. The van der Waals surface area contributed by atoms with Crippen LogP contribution in [0.1, 0.15) is 46.4 Å². The van der Waals surface area contributed by atoms with Crippen LogP contribution in [0, 0.1) is 0 Å². The Balaban J connectivity index is 0.00000420. The van der Waals surface area contributed by atoms with Crippen LogP contribution in [0.3, 0.4) is 0 Å². The average Bonchev–Trinajstić information content (AvgIpc) is 3.17. The molecule has 3 N–H and O–H groups in total. The fourth-order valence-corrected chi connectivity index (χ4v) is 4.70. The maximum atomic E-state index is 13.1. The van der Waals surface area contributed by atoms with Gasteiger partial charge in [0.05, 0.1) is 63.5 Å². The van der Waals surface area contributed by atoms with Crippen LogP contribution in [0.15, 0.2) is 18.2 Å². The van der Waals surface area contributed by atoms with Crippen LogP contribution in [0.4, 0.5) is 5.69 Å². The number of carbonyl (C=O) groups is 4. The molecule has 2 fully saturated rings. The quantitative estimate of drug-likeness (QED) is 0.205. The maximum Gasteiger partial charge on any atom is 0.264 e. The molecule has 0 spiro atoms. The van der Waals surface area contributed by atoms with Crippen LogP contribution >= 0.6 is 12.4 Å². The monoisotopic (exact) mass is 568 g/mol. The third kappa shape index (κ3) is 8.44. The zero-order chi connectivity index (χ0) is 26.7. The van der Waals surface area contributed by atoms with Gasteiger partial charge in [-0.3, -0.25) is 29.4 Å². The van der Waals surface area contributed by atoms with E-state index in [1.54, 1.807) is 18.2 Å². The van der Waals surface area contributed by atoms with Crippen molar-refractivity contribution in [2.45, 2.75) is 37.8 Å². The Morgan fingerprint density at radius 3 is 2.21 bits per heavy atom. The molecule has 39 heavy (non-hydrogen) atoms. The van der Waals surface area contributed by atoms with Crippen molar-refractivity contribution in [2.24, 2.45) is 0 Å². The molecule has 0 aromatic heterocycles. The van der Waals surface area contributed by atoms with Crippen molar-refractivity contribution in [3.63, 3.8) is 0 Å². The summed E-state index contributed by atoms with van der Waals surface area (Å²) < 4.78 is 22.4. The standard InChI is InChI=1S/C26H36N4O8.ClH/c31-22-5-4-21(24(32)29-22)30-25(33)19-2-1-3-20(23(19)26(30)34)28-10-11-35-12-13-36-14-15-37-16-17-38-18-6-8-27-9-7-18;/h1-3,18,21,27-28H,4-17H2,(H,29,31,32);1H. The summed E-state index contributed by atoms with van der Waals surface area (Å²) in [5.41, 5.74) is 0.961. The van der Waals surface area contributed by atoms with E-state index in [9.17, 15) is 19.2 Å². The third-order valence-electron chi connectivity index (χ3n) is 6.64. The Kier molecular flexibility index (Phi) is 12.6. The number of nitrogens with zero attached hydrogens (tertiary/aromatic N) is 1. The Morgan fingerprint density at radius 1 is 0.846 bits per heavy atom. The van der Waals surface area contributed by atoms with Gasteiger partial charge in [-0.05, 0) is 44.5 Å². The Morgan fingerprint density at radius 2 is 1.51 bits per heavy atom. The van der Waals surface area contributed by atoms with Crippen molar-refractivity contribution in [1.29, 1.82) is 0 Å². The topological polar surface area (TPSA) is 145 Å². The molecule has 1 aromatic carbocycles. The number of hydrogen-bond acceptors (Lipinski definition) is 10. The molecular formula is C26H37ClN4O8. The predicted molar refractivity (Wildman–Crippen MR) is 143 cm³/mol. The van der Waals surface area contributed by atoms with Crippen molar-refractivity contribution in [3.8, 4) is 0 Å². The van der Waals surface area contributed by atoms with E-state index >= 15 is 0 Å². The molecule has 3 heterocycles. The minimum atomic E-state index is -0.991. The molecule has 1 atom stereocenters. The van der Waals surface area contributed by atoms with Crippen LogP contribution in [0.25, 0.3) is 0 Å². The van der Waals surface area contributed by atoms with Gasteiger partial charge in [-0.25, -0.2) is 0 Å². The molecule has 2 saturated heterocycles. The van der Waals surface area contributed by atoms with Gasteiger partial charge >= 0.3 is 0 Å². The summed E-state index contributed by atoms with van der Waals surface area (Å²) in [5.74, 6) is -2.11. The van der Waals surface area contributed by atoms with Gasteiger partial charge in [-0.15, -0.1) is 12.4 Å². The van der Waals surface area contributed by atoms with Gasteiger partial charge < -0.3 is 29.6 Å². The van der Waals surface area contributed by atoms with Crippen LogP contribution in [-0.4, -0.2) is 107 Å². The molecule has 13 heteroatoms. The lowest BCUT2D eigenvalue weighted by molar-refractivity contribution is -0.136. The number of anilines is 1. The second kappa shape index (κ2) is 15.8. The molecule has 0 aliphatic carbocycles. The summed E-state index contributed by atoms with van der Waals surface area (Å²) in [6.07, 6.45) is 2.63. The second-order valence-electron chi connectivity index (χ2n) is 9.26. The summed E-state index contributed by atoms with van der Waals surface area (Å²) in [7, 11) is 0. The summed E-state index contributed by atoms with van der Waals surface area (Å²) in [6.45, 7) is 5.78. The molecule has 3 aliphatic rings. The van der Waals surface area contributed by atoms with E-state index in [2.05, 4.69) is 16.0 Å². The number of amides is 4. The van der Waals surface area contributed by atoms with Crippen molar-refractivity contribution in [1.82, 2.24) is 15.5 Å². The van der Waals surface area contributed by atoms with Crippen molar-refractivity contribution < 1.29 is 38.1 Å². The maximum absolute atomic E-state index is 13.1. The zero-order valence-electron chi connectivity index (χ0n) is 21.9. The molecule has 3 aliphatic heterocycles. The second-order valence-corrected chi connectivity index (χ2v) is 9.26. The van der Waals surface area contributed by atoms with E-state index in [4.69, 9.17) is 18.9 Å². The molecule has 0 radical (unpaired) electrons. The van der Waals surface area contributed by atoms with Gasteiger partial charge in [0.25, 0.3) is 11.8 Å². The van der Waals surface area contributed by atoms with Gasteiger partial charge in [0.2, 0.25) is 11.8 Å². The van der Waals surface area contributed by atoms with Crippen LogP contribution in [0.5, 0.6) is 0 Å². The SMILES string of the molecule is Cl.O=C1CCC(N2C(=O)c3cccc(NCCOCCOCCOCCOC4CCNCC4)c3C2=O)C(=O)N1. The van der Waals surface area contributed by atoms with Crippen LogP contribution in [0.2, 0.25) is 0 Å². The number of rotatable bonds is 15. The molecule has 1 unspecified atom stereocenters. The van der Waals surface area contributed by atoms with Gasteiger partial charge in [0, 0.05) is 18.7 Å². The number of hydrogen-bond donors (Lipinski definition) is 3. The highest BCUT2D eigenvalue weighted by atomic mass is 35.5. The molecular weight excluding hydrogens is 532 g/mol. The largest absolute Gasteiger partial charge is 0.382 e. The first kappa shape index (κ1) is 30.9. The third-order valence-corrected chi connectivity index (χ3v) is 6.64. The minimum absolute atomic E-state index is 0. The number of nitrogens with one attached hydrogen (secondary N) is 3. The van der Waals surface area contributed by atoms with Crippen LogP contribution < -0.4 is 16.0 Å². The molecule has 0 saturated carbocycles. The normalized spacial score (nSPS) is 19.6. The first-order valence-corrected chi connectivity index (χ1v) is 13.2. The molecule has 1 aromatic rings. The number of halogens is 1. The summed E-state index contributed by atoms with van der Waals surface area (Å²) in [6, 6.07) is 3.95. The fraction of sp³-hybridized carbons (Fsp3) is 0.615. The summed E-state index contributed by atoms with van der Waals surface area (Å²) in [4.78, 5) is 50.6. The number of fused-ring (bicyclic) bond motifs is 1. The van der Waals surface area contributed by atoms with Crippen molar-refractivity contribution in [2.75, 3.05) is 71.2 Å². The zero-order valence-corrected chi connectivity index (χ0v) is 22.7. The van der Waals surface area contributed by atoms with Crippen molar-refractivity contribution >= 4 is 41.7 Å². The Labute approximate surface area is 233 Å². The predicted octanol–water partition coefficient (Wildman–Crippen LogP) is 0.740. The van der Waals surface area contributed by atoms with E-state index in [0.717, 1.165) is 30.8 Å². The first-order valence-electron chi connectivity index (χ1n) is 13.2. The molecule has 4 amide bonds. The minimum Gasteiger partial charge on any atom is -0.382 e. The van der Waals surface area contributed by atoms with Gasteiger partial charge in [-0.2, -0.15) is 0 Å². The summed E-state index contributed by atoms with van der Waals surface area (Å²) >= 11 is 0. The first-order chi connectivity index (χ1) is 18.6. The molecule has 4 rings (SSSR count). The van der Waals surface area contributed by atoms with E-state index in [-0.39, 0.29) is 36.4 Å². The lowest BCUT2D eigenvalue weighted by atomic mass is 10.0. The van der Waals surface area contributed by atoms with E-state index < -0.39 is 29.7 Å². The van der Waals surface area contributed by atoms with E-state index in [1.165, 1.54) is 0 Å². The summed E-state index contributed by atoms with van der Waals surface area (Å²) in [5, 5.41) is 8.64. The van der Waals surface area contributed by atoms with Crippen molar-refractivity contribution in [3.05, 3.63) is 29.3 Å². The number of piperidine rings is 2. The highest BCUT2D eigenvalue weighted by Gasteiger charge is 2.45. The number of benzene rings is 1. The number of ether oxygens (including phenoxy) is 4. The smallest absolute Gasteiger partial charge is 0.264 e. The molecule has 216 valence electrons. The highest BCUT2D eigenvalue weighted by molar-refractivity contribution is 6.25. The Bertz CT molecular complexity index is 1000. The van der Waals surface area contributed by atoms with Crippen LogP contribution in [-0.2, 0) is 28.5 Å². The number of imide groups is 2. The molecule has 12 nitrogen and oxygen atoms in total. The lowest BCUT2D eigenvalue weighted by Gasteiger charge is -2.27. The lowest BCUT2D eigenvalue weighted by Crippen LogP contribution is -2.54. The molecule has 0 bridgehead atoms.